The first-order chi connectivity index (χ1) is 24.5. The molecular weight excluding hydrogens is 661 g/mol. The molecule has 6 rings (SSSR count). The van der Waals surface area contributed by atoms with Crippen LogP contribution in [0, 0.1) is 11.8 Å². The van der Waals surface area contributed by atoms with Gasteiger partial charge in [-0.1, -0.05) is 30.9 Å². The number of urea groups is 1. The van der Waals surface area contributed by atoms with Crippen LogP contribution < -0.4 is 27.4 Å². The highest BCUT2D eigenvalue weighted by Crippen LogP contribution is 2.35. The molecule has 51 heavy (non-hydrogen) atoms. The number of carbonyl (C=O) groups excluding carboxylic acids is 2. The summed E-state index contributed by atoms with van der Waals surface area (Å²) in [5.74, 6) is 6.00. The number of fused-ring (bicyclic) bond motifs is 1. The molecule has 2 aliphatic rings. The summed E-state index contributed by atoms with van der Waals surface area (Å²) in [7, 11) is 0. The van der Waals surface area contributed by atoms with Gasteiger partial charge in [-0.05, 0) is 48.5 Å². The van der Waals surface area contributed by atoms with Gasteiger partial charge in [0.2, 0.25) is 5.95 Å². The number of alkyl halides is 3. The van der Waals surface area contributed by atoms with Gasteiger partial charge in [-0.15, -0.1) is 0 Å². The molecule has 15 heteroatoms. The number of likely N-dealkylation sites (N-methyl/N-ethyl adjacent to an activating group) is 1. The number of amides is 3. The van der Waals surface area contributed by atoms with Crippen LogP contribution in [0.3, 0.4) is 0 Å². The number of carbonyl (C=O) groups is 2. The molecule has 0 atom stereocenters. The predicted molar refractivity (Wildman–Crippen MR) is 189 cm³/mol. The number of nitrogens with zero attached hydrogens (tertiary/aromatic N) is 5. The van der Waals surface area contributed by atoms with E-state index in [1.54, 1.807) is 30.3 Å². The number of nitrogens with one attached hydrogen (secondary N) is 3. The molecule has 7 N–H and O–H groups in total. The number of aromatic nitrogens is 3. The molecule has 4 heterocycles. The monoisotopic (exact) mass is 700 g/mol. The minimum Gasteiger partial charge on any atom is -0.368 e. The minimum atomic E-state index is -4.58. The van der Waals surface area contributed by atoms with Gasteiger partial charge in [0.05, 0.1) is 22.4 Å². The van der Waals surface area contributed by atoms with Crippen molar-refractivity contribution in [3.8, 4) is 23.2 Å². The molecular formula is C36H39F3N10O2. The van der Waals surface area contributed by atoms with Crippen molar-refractivity contribution in [1.82, 2.24) is 29.7 Å². The summed E-state index contributed by atoms with van der Waals surface area (Å²) in [6, 6.07) is 11.6. The van der Waals surface area contributed by atoms with Crippen molar-refractivity contribution in [3.63, 3.8) is 0 Å². The molecule has 266 valence electrons. The SMILES string of the molecule is CCN1CCN(Cc2ccc(NC(=O)Nc3cccc(C#Cc4cnc(N)nc4-c4cc5c(n4CCN)CCNC5=O)c3)cc2C(F)(F)F)CC1. The van der Waals surface area contributed by atoms with Crippen LogP contribution in [0.1, 0.15) is 45.2 Å². The third-order valence-electron chi connectivity index (χ3n) is 8.94. The zero-order valence-corrected chi connectivity index (χ0v) is 28.1. The van der Waals surface area contributed by atoms with Gasteiger partial charge < -0.3 is 36.9 Å². The zero-order chi connectivity index (χ0) is 36.1. The highest BCUT2D eigenvalue weighted by molar-refractivity contribution is 6.00. The molecule has 1 fully saturated rings. The number of hydrogen-bond donors (Lipinski definition) is 5. The van der Waals surface area contributed by atoms with Gasteiger partial charge in [-0.3, -0.25) is 9.69 Å². The first-order valence-electron chi connectivity index (χ1n) is 16.7. The summed E-state index contributed by atoms with van der Waals surface area (Å²) in [6.07, 6.45) is -2.44. The first kappa shape index (κ1) is 35.4. The Morgan fingerprint density at radius 3 is 2.49 bits per heavy atom. The minimum absolute atomic E-state index is 0.0183. The lowest BCUT2D eigenvalue weighted by atomic mass is 10.0. The fraction of sp³-hybridized carbons (Fsp3) is 0.333. The van der Waals surface area contributed by atoms with Crippen LogP contribution in [-0.4, -0.2) is 82.1 Å². The summed E-state index contributed by atoms with van der Waals surface area (Å²) in [5.41, 5.74) is 15.1. The molecule has 2 aliphatic heterocycles. The second kappa shape index (κ2) is 15.2. The average Bonchev–Trinajstić information content (AvgIpc) is 3.48. The molecule has 0 unspecified atom stereocenters. The third-order valence-corrected chi connectivity index (χ3v) is 8.94. The van der Waals surface area contributed by atoms with Crippen molar-refractivity contribution in [2.45, 2.75) is 32.6 Å². The van der Waals surface area contributed by atoms with Crippen molar-refractivity contribution in [2.75, 3.05) is 62.2 Å². The Morgan fingerprint density at radius 1 is 1.02 bits per heavy atom. The zero-order valence-electron chi connectivity index (χ0n) is 28.1. The van der Waals surface area contributed by atoms with Crippen LogP contribution >= 0.6 is 0 Å². The van der Waals surface area contributed by atoms with E-state index >= 15 is 0 Å². The maximum atomic E-state index is 14.1. The Bertz CT molecular complexity index is 1990. The van der Waals surface area contributed by atoms with Gasteiger partial charge in [0.1, 0.15) is 5.69 Å². The van der Waals surface area contributed by atoms with Crippen molar-refractivity contribution in [2.24, 2.45) is 5.73 Å². The van der Waals surface area contributed by atoms with Gasteiger partial charge in [0, 0.05) is 87.6 Å². The van der Waals surface area contributed by atoms with Crippen LogP contribution in [0.2, 0.25) is 0 Å². The average molecular weight is 701 g/mol. The van der Waals surface area contributed by atoms with E-state index in [0.717, 1.165) is 31.4 Å². The smallest absolute Gasteiger partial charge is 0.368 e. The molecule has 1 saturated heterocycles. The number of hydrogen-bond acceptors (Lipinski definition) is 8. The number of piperazine rings is 1. The molecule has 12 nitrogen and oxygen atoms in total. The van der Waals surface area contributed by atoms with Crippen molar-refractivity contribution >= 4 is 29.3 Å². The van der Waals surface area contributed by atoms with E-state index in [-0.39, 0.29) is 29.7 Å². The molecule has 0 aliphatic carbocycles. The standard InChI is InChI=1S/C36H39F3N10O2/c1-2-47-14-16-48(17-15-47)22-25-8-9-27(19-29(25)36(37,38)39)45-35(51)44-26-5-3-4-23(18-26)6-7-24-21-43-34(41)46-32(24)31-20-28-30(49(31)13-11-40)10-12-42-33(28)50/h3-5,8-9,18-21H,2,10-17,22,40H2,1H3,(H,42,50)(H2,41,43,46)(H2,44,45,51). The fourth-order valence-corrected chi connectivity index (χ4v) is 6.38. The second-order valence-corrected chi connectivity index (χ2v) is 12.3. The maximum Gasteiger partial charge on any atom is 0.416 e. The number of halogens is 3. The van der Waals surface area contributed by atoms with Gasteiger partial charge in [-0.25, -0.2) is 14.8 Å². The van der Waals surface area contributed by atoms with E-state index in [4.69, 9.17) is 11.5 Å². The largest absolute Gasteiger partial charge is 0.416 e. The van der Waals surface area contributed by atoms with E-state index in [2.05, 4.69) is 49.6 Å². The van der Waals surface area contributed by atoms with E-state index in [9.17, 15) is 22.8 Å². The second-order valence-electron chi connectivity index (χ2n) is 12.3. The van der Waals surface area contributed by atoms with Gasteiger partial charge in [0.25, 0.3) is 5.91 Å². The number of nitrogens with two attached hydrogens (primary N) is 2. The Labute approximate surface area is 293 Å². The summed E-state index contributed by atoms with van der Waals surface area (Å²) in [4.78, 5) is 38.3. The fourth-order valence-electron chi connectivity index (χ4n) is 6.38. The lowest BCUT2D eigenvalue weighted by molar-refractivity contribution is -0.138. The van der Waals surface area contributed by atoms with Gasteiger partial charge >= 0.3 is 12.2 Å². The molecule has 2 aromatic heterocycles. The molecule has 0 spiro atoms. The number of rotatable bonds is 8. The third kappa shape index (κ3) is 8.31. The normalized spacial score (nSPS) is 15.0. The van der Waals surface area contributed by atoms with Gasteiger partial charge in [0.15, 0.2) is 0 Å². The highest BCUT2D eigenvalue weighted by atomic mass is 19.4. The van der Waals surface area contributed by atoms with Crippen LogP contribution in [0.25, 0.3) is 11.4 Å². The molecule has 4 aromatic rings. The van der Waals surface area contributed by atoms with E-state index in [1.807, 2.05) is 9.47 Å². The quantitative estimate of drug-likeness (QED) is 0.173. The highest BCUT2D eigenvalue weighted by Gasteiger charge is 2.34. The van der Waals surface area contributed by atoms with Crippen LogP contribution in [0.15, 0.2) is 54.7 Å². The van der Waals surface area contributed by atoms with E-state index in [0.29, 0.717) is 72.9 Å². The number of nitrogen functional groups attached to an aromatic ring is 1. The van der Waals surface area contributed by atoms with Gasteiger partial charge in [-0.2, -0.15) is 13.2 Å². The molecule has 2 aromatic carbocycles. The summed E-state index contributed by atoms with van der Waals surface area (Å²) >= 11 is 0. The van der Waals surface area contributed by atoms with Crippen LogP contribution in [0.5, 0.6) is 0 Å². The van der Waals surface area contributed by atoms with Crippen LogP contribution in [0.4, 0.5) is 35.3 Å². The lowest BCUT2D eigenvalue weighted by Gasteiger charge is -2.34. The van der Waals surface area contributed by atoms with Crippen molar-refractivity contribution in [3.05, 3.63) is 88.2 Å². The number of anilines is 3. The van der Waals surface area contributed by atoms with Crippen LogP contribution in [-0.2, 0) is 25.7 Å². The summed E-state index contributed by atoms with van der Waals surface area (Å²) in [6.45, 7) is 7.49. The summed E-state index contributed by atoms with van der Waals surface area (Å²) < 4.78 is 44.2. The molecule has 0 bridgehead atoms. The van der Waals surface area contributed by atoms with E-state index < -0.39 is 17.8 Å². The topological polar surface area (TPSA) is 159 Å². The first-order valence-corrected chi connectivity index (χ1v) is 16.7. The lowest BCUT2D eigenvalue weighted by Crippen LogP contribution is -2.45. The van der Waals surface area contributed by atoms with Crippen molar-refractivity contribution < 1.29 is 22.8 Å². The Hall–Kier alpha value is -5.43. The molecule has 0 saturated carbocycles. The van der Waals surface area contributed by atoms with E-state index in [1.165, 1.54) is 18.3 Å². The Balaban J connectivity index is 1.18. The van der Waals surface area contributed by atoms with Crippen molar-refractivity contribution in [1.29, 1.82) is 0 Å². The maximum absolute atomic E-state index is 14.1. The molecule has 3 amide bonds. The number of benzene rings is 2. The Kier molecular flexibility index (Phi) is 10.6. The molecule has 0 radical (unpaired) electrons. The summed E-state index contributed by atoms with van der Waals surface area (Å²) in [5, 5.41) is 8.04. The predicted octanol–water partition coefficient (Wildman–Crippen LogP) is 3.97. The Morgan fingerprint density at radius 2 is 1.76 bits per heavy atom.